The maximum atomic E-state index is 12.0. The third-order valence-corrected chi connectivity index (χ3v) is 7.58. The Bertz CT molecular complexity index is 1120. The predicted octanol–water partition coefficient (Wildman–Crippen LogP) is 5.51. The van der Waals surface area contributed by atoms with E-state index in [2.05, 4.69) is 27.8 Å². The van der Waals surface area contributed by atoms with Crippen molar-refractivity contribution in [2.75, 3.05) is 11.9 Å². The van der Waals surface area contributed by atoms with Crippen molar-refractivity contribution in [3.63, 3.8) is 0 Å². The number of fused-ring (bicyclic) bond motifs is 2. The highest BCUT2D eigenvalue weighted by Crippen LogP contribution is 2.48. The minimum Gasteiger partial charge on any atom is -0.465 e. The molecule has 0 spiro atoms. The average molecular weight is 478 g/mol. The van der Waals surface area contributed by atoms with Gasteiger partial charge in [0.2, 0.25) is 5.91 Å². The number of rotatable bonds is 3. The molecule has 0 fully saturated rings. The molecule has 0 saturated heterocycles. The summed E-state index contributed by atoms with van der Waals surface area (Å²) in [6.07, 6.45) is 0.876. The number of carbonyl (C=O) groups is 2. The van der Waals surface area contributed by atoms with Gasteiger partial charge >= 0.3 is 6.09 Å². The smallest absolute Gasteiger partial charge is 0.407 e. The van der Waals surface area contributed by atoms with E-state index >= 15 is 0 Å². The quantitative estimate of drug-likeness (QED) is 0.487. The standard InChI is InChI=1S/C19H16BrN3O3S2/c1-3-14(24)22-18-15(17-21-12-8-10(20)4-5-13(12)27-17)11-6-7-23(19(25)26)9(2)16(11)28-18/h3-5,8-9H,1,6-7H2,2H3,(H,22,24)(H,25,26). The Hall–Kier alpha value is -2.23. The van der Waals surface area contributed by atoms with Crippen LogP contribution in [-0.2, 0) is 11.2 Å². The fourth-order valence-electron chi connectivity index (χ4n) is 3.38. The van der Waals surface area contributed by atoms with Gasteiger partial charge in [-0.1, -0.05) is 22.5 Å². The number of nitrogens with zero attached hydrogens (tertiary/aromatic N) is 2. The molecule has 1 aliphatic rings. The first-order valence-corrected chi connectivity index (χ1v) is 11.0. The van der Waals surface area contributed by atoms with E-state index in [1.165, 1.54) is 22.3 Å². The molecular weight excluding hydrogens is 462 g/mol. The number of hydrogen-bond acceptors (Lipinski definition) is 5. The summed E-state index contributed by atoms with van der Waals surface area (Å²) in [5, 5.41) is 13.9. The SMILES string of the molecule is C=CC(=O)Nc1sc2c(c1-c1nc3cc(Br)ccc3s1)CCN(C(=O)O)C2C. The number of benzene rings is 1. The van der Waals surface area contributed by atoms with Crippen LogP contribution in [0.25, 0.3) is 20.8 Å². The van der Waals surface area contributed by atoms with Crippen LogP contribution in [0, 0.1) is 0 Å². The van der Waals surface area contributed by atoms with E-state index in [1.807, 2.05) is 25.1 Å². The Kier molecular flexibility index (Phi) is 4.98. The van der Waals surface area contributed by atoms with Crippen LogP contribution >= 0.6 is 38.6 Å². The number of halogens is 1. The van der Waals surface area contributed by atoms with Crippen LogP contribution in [0.2, 0.25) is 0 Å². The highest BCUT2D eigenvalue weighted by molar-refractivity contribution is 9.10. The normalized spacial score (nSPS) is 16.1. The molecule has 1 aromatic carbocycles. The van der Waals surface area contributed by atoms with E-state index < -0.39 is 6.09 Å². The van der Waals surface area contributed by atoms with E-state index in [0.29, 0.717) is 18.0 Å². The molecule has 1 aliphatic heterocycles. The second-order valence-corrected chi connectivity index (χ2v) is 9.37. The van der Waals surface area contributed by atoms with Gasteiger partial charge in [-0.3, -0.25) is 4.79 Å². The summed E-state index contributed by atoms with van der Waals surface area (Å²) in [4.78, 5) is 30.7. The van der Waals surface area contributed by atoms with E-state index in [-0.39, 0.29) is 11.9 Å². The lowest BCUT2D eigenvalue weighted by atomic mass is 9.99. The minimum atomic E-state index is -0.936. The first-order valence-electron chi connectivity index (χ1n) is 8.54. The van der Waals surface area contributed by atoms with E-state index in [1.54, 1.807) is 11.3 Å². The summed E-state index contributed by atoms with van der Waals surface area (Å²) < 4.78 is 2.00. The van der Waals surface area contributed by atoms with Crippen LogP contribution in [0.5, 0.6) is 0 Å². The molecule has 4 rings (SSSR count). The van der Waals surface area contributed by atoms with Crippen LogP contribution in [0.3, 0.4) is 0 Å². The molecule has 0 radical (unpaired) electrons. The van der Waals surface area contributed by atoms with Gasteiger partial charge in [0.15, 0.2) is 0 Å². The fraction of sp³-hybridized carbons (Fsp3) is 0.211. The monoisotopic (exact) mass is 477 g/mol. The van der Waals surface area contributed by atoms with Crippen molar-refractivity contribution in [3.8, 4) is 10.6 Å². The summed E-state index contributed by atoms with van der Waals surface area (Å²) in [6, 6.07) is 5.67. The Morgan fingerprint density at radius 1 is 1.43 bits per heavy atom. The maximum absolute atomic E-state index is 12.0. The lowest BCUT2D eigenvalue weighted by Crippen LogP contribution is -2.37. The highest BCUT2D eigenvalue weighted by atomic mass is 79.9. The predicted molar refractivity (Wildman–Crippen MR) is 116 cm³/mol. The lowest BCUT2D eigenvalue weighted by molar-refractivity contribution is -0.111. The zero-order valence-electron chi connectivity index (χ0n) is 14.9. The second kappa shape index (κ2) is 7.31. The molecular formula is C19H16BrN3O3S2. The van der Waals surface area contributed by atoms with Crippen molar-refractivity contribution in [1.29, 1.82) is 0 Å². The topological polar surface area (TPSA) is 82.5 Å². The number of anilines is 1. The maximum Gasteiger partial charge on any atom is 0.407 e. The molecule has 1 atom stereocenters. The molecule has 2 amide bonds. The van der Waals surface area contributed by atoms with E-state index in [4.69, 9.17) is 4.98 Å². The van der Waals surface area contributed by atoms with Gasteiger partial charge < -0.3 is 15.3 Å². The van der Waals surface area contributed by atoms with Crippen LogP contribution in [0.15, 0.2) is 35.3 Å². The molecule has 2 N–H and O–H groups in total. The molecule has 28 heavy (non-hydrogen) atoms. The van der Waals surface area contributed by atoms with Gasteiger partial charge in [0, 0.05) is 21.5 Å². The third-order valence-electron chi connectivity index (χ3n) is 4.72. The Morgan fingerprint density at radius 3 is 2.93 bits per heavy atom. The van der Waals surface area contributed by atoms with Gasteiger partial charge in [0.1, 0.15) is 10.0 Å². The number of thiophene rings is 1. The van der Waals surface area contributed by atoms with Gasteiger partial charge in [-0.15, -0.1) is 22.7 Å². The Labute approximate surface area is 177 Å². The molecule has 3 aromatic rings. The van der Waals surface area contributed by atoms with Gasteiger partial charge in [-0.25, -0.2) is 9.78 Å². The molecule has 144 valence electrons. The number of hydrogen-bond donors (Lipinski definition) is 2. The van der Waals surface area contributed by atoms with Crippen molar-refractivity contribution >= 4 is 65.8 Å². The molecule has 0 aliphatic carbocycles. The van der Waals surface area contributed by atoms with E-state index in [0.717, 1.165) is 35.7 Å². The first kappa shape index (κ1) is 19.1. The third kappa shape index (κ3) is 3.23. The summed E-state index contributed by atoms with van der Waals surface area (Å²) in [7, 11) is 0. The van der Waals surface area contributed by atoms with E-state index in [9.17, 15) is 14.7 Å². The van der Waals surface area contributed by atoms with Gasteiger partial charge in [0.25, 0.3) is 0 Å². The van der Waals surface area contributed by atoms with Gasteiger partial charge in [0.05, 0.1) is 16.3 Å². The van der Waals surface area contributed by atoms with Crippen molar-refractivity contribution < 1.29 is 14.7 Å². The number of carbonyl (C=O) groups excluding carboxylic acids is 1. The van der Waals surface area contributed by atoms with Crippen molar-refractivity contribution in [1.82, 2.24) is 9.88 Å². The molecule has 0 saturated carbocycles. The Morgan fingerprint density at radius 2 is 2.21 bits per heavy atom. The number of thiazole rings is 1. The second-order valence-electron chi connectivity index (χ2n) is 6.38. The van der Waals surface area contributed by atoms with Crippen molar-refractivity contribution in [2.45, 2.75) is 19.4 Å². The number of nitrogens with one attached hydrogen (secondary N) is 1. The average Bonchev–Trinajstić information content (AvgIpc) is 3.22. The van der Waals surface area contributed by atoms with Gasteiger partial charge in [-0.2, -0.15) is 0 Å². The summed E-state index contributed by atoms with van der Waals surface area (Å²) in [6.45, 7) is 5.82. The molecule has 1 unspecified atom stereocenters. The number of amides is 2. The Balaban J connectivity index is 1.89. The van der Waals surface area contributed by atoms with Crippen LogP contribution in [0.4, 0.5) is 9.80 Å². The highest BCUT2D eigenvalue weighted by Gasteiger charge is 2.34. The molecule has 3 heterocycles. The molecule has 0 bridgehead atoms. The largest absolute Gasteiger partial charge is 0.465 e. The van der Waals surface area contributed by atoms with Crippen molar-refractivity contribution in [2.24, 2.45) is 0 Å². The lowest BCUT2D eigenvalue weighted by Gasteiger charge is -2.31. The summed E-state index contributed by atoms with van der Waals surface area (Å²) in [5.74, 6) is -0.300. The van der Waals surface area contributed by atoms with Crippen molar-refractivity contribution in [3.05, 3.63) is 45.8 Å². The summed E-state index contributed by atoms with van der Waals surface area (Å²) in [5.41, 5.74) is 2.84. The zero-order valence-corrected chi connectivity index (χ0v) is 18.1. The molecule has 2 aromatic heterocycles. The fourth-order valence-corrected chi connectivity index (χ4v) is 6.14. The van der Waals surface area contributed by atoms with Crippen LogP contribution in [-0.4, -0.2) is 33.5 Å². The molecule has 6 nitrogen and oxygen atoms in total. The number of carboxylic acid groups (broad SMARTS) is 1. The zero-order chi connectivity index (χ0) is 20.0. The first-order chi connectivity index (χ1) is 13.4. The minimum absolute atomic E-state index is 0.275. The van der Waals surface area contributed by atoms with Crippen LogP contribution < -0.4 is 5.32 Å². The number of aromatic nitrogens is 1. The van der Waals surface area contributed by atoms with Gasteiger partial charge in [-0.05, 0) is 43.2 Å². The van der Waals surface area contributed by atoms with Crippen LogP contribution in [0.1, 0.15) is 23.4 Å². The molecule has 9 heteroatoms. The summed E-state index contributed by atoms with van der Waals surface area (Å²) >= 11 is 6.45.